The summed E-state index contributed by atoms with van der Waals surface area (Å²) in [7, 11) is 0. The Bertz CT molecular complexity index is 317. The van der Waals surface area contributed by atoms with Gasteiger partial charge in [0.15, 0.2) is 0 Å². The quantitative estimate of drug-likeness (QED) is 0.648. The molecule has 0 aromatic heterocycles. The lowest BCUT2D eigenvalue weighted by Crippen LogP contribution is -2.02. The standard InChI is InChI=1S/C10H10N2O/c11-6-10-7-12(10)13-8-9-4-2-1-3-5-9/h1-5,10H,7-8H2. The number of rotatable bonds is 3. The molecule has 0 aliphatic carbocycles. The number of hydrogen-bond donors (Lipinski definition) is 0. The van der Waals surface area contributed by atoms with Gasteiger partial charge in [-0.15, -0.1) is 0 Å². The lowest BCUT2D eigenvalue weighted by Gasteiger charge is -2.02. The van der Waals surface area contributed by atoms with Crippen LogP contribution in [-0.2, 0) is 11.4 Å². The fourth-order valence-electron chi connectivity index (χ4n) is 1.10. The van der Waals surface area contributed by atoms with Gasteiger partial charge in [-0.05, 0) is 5.56 Å². The molecule has 2 atom stereocenters. The molecule has 1 aromatic rings. The van der Waals surface area contributed by atoms with Gasteiger partial charge in [0.1, 0.15) is 6.04 Å². The molecule has 1 heterocycles. The van der Waals surface area contributed by atoms with Crippen LogP contribution in [0.2, 0.25) is 0 Å². The van der Waals surface area contributed by atoms with Crippen molar-refractivity contribution < 1.29 is 4.84 Å². The number of hydroxylamine groups is 2. The molecule has 0 amide bonds. The zero-order valence-corrected chi connectivity index (χ0v) is 7.18. The van der Waals surface area contributed by atoms with Gasteiger partial charge in [-0.1, -0.05) is 30.3 Å². The number of benzene rings is 1. The Hall–Kier alpha value is -1.37. The molecule has 1 fully saturated rings. The molecular formula is C10H10N2O. The molecule has 1 aliphatic rings. The fraction of sp³-hybridized carbons (Fsp3) is 0.300. The van der Waals surface area contributed by atoms with E-state index in [-0.39, 0.29) is 6.04 Å². The summed E-state index contributed by atoms with van der Waals surface area (Å²) in [5.41, 5.74) is 1.13. The van der Waals surface area contributed by atoms with Crippen molar-refractivity contribution in [2.75, 3.05) is 6.54 Å². The van der Waals surface area contributed by atoms with E-state index in [9.17, 15) is 0 Å². The van der Waals surface area contributed by atoms with Gasteiger partial charge in [-0.2, -0.15) is 10.3 Å². The van der Waals surface area contributed by atoms with Crippen LogP contribution in [0.25, 0.3) is 0 Å². The monoisotopic (exact) mass is 174 g/mol. The summed E-state index contributed by atoms with van der Waals surface area (Å²) in [5.74, 6) is 0. The first-order chi connectivity index (χ1) is 6.40. The van der Waals surface area contributed by atoms with Crippen molar-refractivity contribution >= 4 is 0 Å². The van der Waals surface area contributed by atoms with E-state index >= 15 is 0 Å². The van der Waals surface area contributed by atoms with Crippen molar-refractivity contribution in [3.8, 4) is 6.07 Å². The average Bonchev–Trinajstić information content (AvgIpc) is 2.95. The third kappa shape index (κ3) is 2.05. The zero-order valence-electron chi connectivity index (χ0n) is 7.18. The lowest BCUT2D eigenvalue weighted by molar-refractivity contribution is -0.0826. The Morgan fingerprint density at radius 1 is 1.46 bits per heavy atom. The fourth-order valence-corrected chi connectivity index (χ4v) is 1.10. The van der Waals surface area contributed by atoms with Gasteiger partial charge >= 0.3 is 0 Å². The first-order valence-corrected chi connectivity index (χ1v) is 4.23. The average molecular weight is 174 g/mol. The second-order valence-electron chi connectivity index (χ2n) is 3.00. The minimum Gasteiger partial charge on any atom is -0.293 e. The number of hydrogen-bond acceptors (Lipinski definition) is 3. The summed E-state index contributed by atoms with van der Waals surface area (Å²) < 4.78 is 0. The van der Waals surface area contributed by atoms with Gasteiger partial charge in [0.05, 0.1) is 19.2 Å². The molecule has 1 aliphatic heterocycles. The molecule has 1 saturated heterocycles. The predicted octanol–water partition coefficient (Wildman–Crippen LogP) is 1.33. The summed E-state index contributed by atoms with van der Waals surface area (Å²) in [6, 6.07) is 12.0. The second kappa shape index (κ2) is 3.56. The van der Waals surface area contributed by atoms with Crippen LogP contribution in [0.4, 0.5) is 0 Å². The van der Waals surface area contributed by atoms with Gasteiger partial charge < -0.3 is 0 Å². The Morgan fingerprint density at radius 2 is 2.23 bits per heavy atom. The second-order valence-corrected chi connectivity index (χ2v) is 3.00. The highest BCUT2D eigenvalue weighted by Crippen LogP contribution is 2.17. The largest absolute Gasteiger partial charge is 0.293 e. The number of nitrogens with zero attached hydrogens (tertiary/aromatic N) is 2. The smallest absolute Gasteiger partial charge is 0.137 e. The highest BCUT2D eigenvalue weighted by Gasteiger charge is 2.35. The third-order valence-corrected chi connectivity index (χ3v) is 1.96. The zero-order chi connectivity index (χ0) is 9.10. The number of nitriles is 1. The Labute approximate surface area is 77.1 Å². The molecular weight excluding hydrogens is 164 g/mol. The molecule has 0 bridgehead atoms. The van der Waals surface area contributed by atoms with Gasteiger partial charge in [0.25, 0.3) is 0 Å². The summed E-state index contributed by atoms with van der Waals surface area (Å²) in [6.07, 6.45) is 0. The molecule has 2 unspecified atom stereocenters. The normalized spacial score (nSPS) is 25.2. The summed E-state index contributed by atoms with van der Waals surface area (Å²) >= 11 is 0. The highest BCUT2D eigenvalue weighted by atomic mass is 16.7. The van der Waals surface area contributed by atoms with E-state index in [0.717, 1.165) is 12.1 Å². The Balaban J connectivity index is 1.79. The maximum absolute atomic E-state index is 8.50. The van der Waals surface area contributed by atoms with Crippen molar-refractivity contribution in [2.45, 2.75) is 12.6 Å². The highest BCUT2D eigenvalue weighted by molar-refractivity contribution is 5.13. The Kier molecular flexibility index (Phi) is 2.26. The minimum absolute atomic E-state index is 0.0243. The SMILES string of the molecule is N#CC1CN1OCc1ccccc1. The van der Waals surface area contributed by atoms with Crippen molar-refractivity contribution in [2.24, 2.45) is 0 Å². The van der Waals surface area contributed by atoms with Crippen LogP contribution >= 0.6 is 0 Å². The van der Waals surface area contributed by atoms with E-state index in [1.807, 2.05) is 30.3 Å². The van der Waals surface area contributed by atoms with Crippen molar-refractivity contribution in [3.63, 3.8) is 0 Å². The summed E-state index contributed by atoms with van der Waals surface area (Å²) in [6.45, 7) is 1.29. The molecule has 66 valence electrons. The molecule has 1 aromatic carbocycles. The van der Waals surface area contributed by atoms with Gasteiger partial charge in [0, 0.05) is 0 Å². The van der Waals surface area contributed by atoms with E-state index in [1.54, 1.807) is 5.06 Å². The summed E-state index contributed by atoms with van der Waals surface area (Å²) in [5, 5.41) is 10.2. The molecule has 13 heavy (non-hydrogen) atoms. The van der Waals surface area contributed by atoms with Crippen LogP contribution < -0.4 is 0 Å². The summed E-state index contributed by atoms with van der Waals surface area (Å²) in [4.78, 5) is 5.35. The van der Waals surface area contributed by atoms with Crippen LogP contribution in [0.5, 0.6) is 0 Å². The van der Waals surface area contributed by atoms with Crippen LogP contribution in [0, 0.1) is 11.3 Å². The van der Waals surface area contributed by atoms with Crippen LogP contribution in [0.1, 0.15) is 5.56 Å². The van der Waals surface area contributed by atoms with Crippen LogP contribution in [-0.4, -0.2) is 17.6 Å². The Morgan fingerprint density at radius 3 is 2.85 bits per heavy atom. The van der Waals surface area contributed by atoms with Crippen molar-refractivity contribution in [1.82, 2.24) is 5.06 Å². The van der Waals surface area contributed by atoms with Crippen LogP contribution in [0.15, 0.2) is 30.3 Å². The van der Waals surface area contributed by atoms with E-state index in [2.05, 4.69) is 6.07 Å². The third-order valence-electron chi connectivity index (χ3n) is 1.96. The van der Waals surface area contributed by atoms with E-state index in [4.69, 9.17) is 10.1 Å². The molecule has 0 radical (unpaired) electrons. The van der Waals surface area contributed by atoms with Gasteiger partial charge in [-0.25, -0.2) is 0 Å². The lowest BCUT2D eigenvalue weighted by atomic mass is 10.2. The maximum atomic E-state index is 8.50. The minimum atomic E-state index is -0.0243. The van der Waals surface area contributed by atoms with Gasteiger partial charge in [0.2, 0.25) is 0 Å². The van der Waals surface area contributed by atoms with Gasteiger partial charge in [-0.3, -0.25) is 4.84 Å². The topological polar surface area (TPSA) is 36.0 Å². The van der Waals surface area contributed by atoms with E-state index in [0.29, 0.717) is 6.61 Å². The molecule has 0 spiro atoms. The van der Waals surface area contributed by atoms with Crippen molar-refractivity contribution in [1.29, 1.82) is 5.26 Å². The molecule has 0 saturated carbocycles. The molecule has 2 rings (SSSR count). The van der Waals surface area contributed by atoms with Crippen LogP contribution in [0.3, 0.4) is 0 Å². The molecule has 3 nitrogen and oxygen atoms in total. The van der Waals surface area contributed by atoms with E-state index in [1.165, 1.54) is 0 Å². The van der Waals surface area contributed by atoms with E-state index < -0.39 is 0 Å². The van der Waals surface area contributed by atoms with Crippen molar-refractivity contribution in [3.05, 3.63) is 35.9 Å². The molecule has 3 heteroatoms. The predicted molar refractivity (Wildman–Crippen MR) is 47.3 cm³/mol. The molecule has 0 N–H and O–H groups in total. The first kappa shape index (κ1) is 8.24. The first-order valence-electron chi connectivity index (χ1n) is 4.23. The maximum Gasteiger partial charge on any atom is 0.137 e.